The topological polar surface area (TPSA) is 54.0 Å². The zero-order valence-corrected chi connectivity index (χ0v) is 13.9. The fraction of sp³-hybridized carbons (Fsp3) is 0.474. The molecule has 0 bridgehead atoms. The molecule has 120 valence electrons. The first-order valence-corrected chi connectivity index (χ1v) is 8.36. The summed E-state index contributed by atoms with van der Waals surface area (Å²) in [5.74, 6) is 1.47. The lowest BCUT2D eigenvalue weighted by atomic mass is 9.90. The number of benzene rings is 1. The van der Waals surface area contributed by atoms with Crippen molar-refractivity contribution in [1.82, 2.24) is 15.6 Å². The van der Waals surface area contributed by atoms with E-state index in [1.54, 1.807) is 0 Å². The predicted molar refractivity (Wildman–Crippen MR) is 91.0 cm³/mol. The summed E-state index contributed by atoms with van der Waals surface area (Å²) in [6.45, 7) is 8.13. The smallest absolute Gasteiger partial charge is 0.224 e. The lowest BCUT2D eigenvalue weighted by Crippen LogP contribution is -2.43. The van der Waals surface area contributed by atoms with Gasteiger partial charge in [0.05, 0.1) is 5.54 Å². The molecule has 2 atom stereocenters. The van der Waals surface area contributed by atoms with E-state index < -0.39 is 5.54 Å². The van der Waals surface area contributed by atoms with E-state index in [-0.39, 0.29) is 11.8 Å². The number of rotatable bonds is 3. The van der Waals surface area contributed by atoms with Crippen molar-refractivity contribution in [1.29, 1.82) is 0 Å². The van der Waals surface area contributed by atoms with E-state index in [1.807, 2.05) is 25.3 Å². The zero-order valence-electron chi connectivity index (χ0n) is 13.9. The lowest BCUT2D eigenvalue weighted by molar-refractivity contribution is -0.124. The molecular weight excluding hydrogens is 286 g/mol. The molecule has 4 nitrogen and oxygen atoms in total. The quantitative estimate of drug-likeness (QED) is 0.915. The summed E-state index contributed by atoms with van der Waals surface area (Å²) < 4.78 is 0. The first kappa shape index (κ1) is 14.6. The molecule has 1 saturated carbocycles. The van der Waals surface area contributed by atoms with Crippen LogP contribution in [0.3, 0.4) is 0 Å². The number of aromatic nitrogens is 1. The van der Waals surface area contributed by atoms with E-state index >= 15 is 0 Å². The van der Waals surface area contributed by atoms with Crippen molar-refractivity contribution in [2.24, 2.45) is 17.8 Å². The van der Waals surface area contributed by atoms with Gasteiger partial charge in [0.15, 0.2) is 0 Å². The van der Waals surface area contributed by atoms with Gasteiger partial charge in [-0.05, 0) is 51.1 Å². The third-order valence-electron chi connectivity index (χ3n) is 5.50. The molecule has 2 fully saturated rings. The van der Waals surface area contributed by atoms with Crippen LogP contribution in [0.15, 0.2) is 30.5 Å². The van der Waals surface area contributed by atoms with Gasteiger partial charge in [0, 0.05) is 28.8 Å². The molecule has 23 heavy (non-hydrogen) atoms. The lowest BCUT2D eigenvalue weighted by Gasteiger charge is -2.28. The Kier molecular flexibility index (Phi) is 3.20. The molecule has 1 aromatic heterocycles. The van der Waals surface area contributed by atoms with E-state index in [2.05, 4.69) is 41.6 Å². The fourth-order valence-corrected chi connectivity index (χ4v) is 4.10. The van der Waals surface area contributed by atoms with Gasteiger partial charge in [-0.15, -0.1) is 0 Å². The summed E-state index contributed by atoms with van der Waals surface area (Å²) >= 11 is 0. The number of fused-ring (bicyclic) bond motifs is 2. The Morgan fingerprint density at radius 2 is 1.87 bits per heavy atom. The van der Waals surface area contributed by atoms with Crippen LogP contribution in [-0.2, 0) is 10.3 Å². The van der Waals surface area contributed by atoms with Crippen molar-refractivity contribution in [2.75, 3.05) is 13.1 Å². The number of nitrogens with one attached hydrogen (secondary N) is 2. The van der Waals surface area contributed by atoms with Crippen molar-refractivity contribution in [3.8, 4) is 0 Å². The highest BCUT2D eigenvalue weighted by Gasteiger charge is 2.57. The SMILES string of the molecule is Cc1ncc(C(C)(C)NC(=O)C2C3CNCC32)c2ccccc12. The van der Waals surface area contributed by atoms with Crippen LogP contribution in [0.2, 0.25) is 0 Å². The predicted octanol–water partition coefficient (Wildman–Crippen LogP) is 2.36. The number of aryl methyl sites for hydroxylation is 1. The Bertz CT molecular complexity index is 773. The number of carbonyl (C=O) groups excluding carboxylic acids is 1. The fourth-order valence-electron chi connectivity index (χ4n) is 4.10. The maximum absolute atomic E-state index is 12.7. The molecule has 1 aliphatic heterocycles. The average molecular weight is 309 g/mol. The van der Waals surface area contributed by atoms with Crippen LogP contribution in [0.1, 0.15) is 25.1 Å². The summed E-state index contributed by atoms with van der Waals surface area (Å²) in [6.07, 6.45) is 1.91. The standard InChI is InChI=1S/C19H23N3O/c1-11-12-6-4-5-7-13(12)16(10-21-11)19(2,3)22-18(23)17-14-8-20-9-15(14)17/h4-7,10,14-15,17,20H,8-9H2,1-3H3,(H,22,23). The zero-order chi connectivity index (χ0) is 16.2. The number of carbonyl (C=O) groups is 1. The Balaban J connectivity index is 1.64. The number of hydrogen-bond acceptors (Lipinski definition) is 3. The largest absolute Gasteiger partial charge is 0.347 e. The minimum Gasteiger partial charge on any atom is -0.347 e. The van der Waals surface area contributed by atoms with E-state index in [0.29, 0.717) is 11.8 Å². The van der Waals surface area contributed by atoms with Crippen LogP contribution >= 0.6 is 0 Å². The molecule has 1 saturated heterocycles. The second kappa shape index (κ2) is 5.03. The Labute approximate surface area is 136 Å². The first-order valence-electron chi connectivity index (χ1n) is 8.36. The van der Waals surface area contributed by atoms with Gasteiger partial charge in [0.1, 0.15) is 0 Å². The van der Waals surface area contributed by atoms with Gasteiger partial charge in [-0.25, -0.2) is 0 Å². The molecule has 2 unspecified atom stereocenters. The Morgan fingerprint density at radius 1 is 1.22 bits per heavy atom. The molecule has 2 aliphatic rings. The van der Waals surface area contributed by atoms with Gasteiger partial charge >= 0.3 is 0 Å². The minimum absolute atomic E-state index is 0.191. The minimum atomic E-state index is -0.429. The molecular formula is C19H23N3O. The van der Waals surface area contributed by atoms with Gasteiger partial charge in [-0.2, -0.15) is 0 Å². The van der Waals surface area contributed by atoms with Crippen molar-refractivity contribution in [3.63, 3.8) is 0 Å². The van der Waals surface area contributed by atoms with Crippen molar-refractivity contribution >= 4 is 16.7 Å². The number of pyridine rings is 1. The average Bonchev–Trinajstić information content (AvgIpc) is 3.01. The highest BCUT2D eigenvalue weighted by Crippen LogP contribution is 2.49. The van der Waals surface area contributed by atoms with Gasteiger partial charge in [0.2, 0.25) is 5.91 Å². The molecule has 0 spiro atoms. The highest BCUT2D eigenvalue weighted by molar-refractivity contribution is 5.89. The molecule has 4 rings (SSSR count). The van der Waals surface area contributed by atoms with Crippen LogP contribution in [0, 0.1) is 24.7 Å². The van der Waals surface area contributed by atoms with Crippen LogP contribution in [-0.4, -0.2) is 24.0 Å². The van der Waals surface area contributed by atoms with E-state index in [1.165, 1.54) is 5.39 Å². The van der Waals surface area contributed by atoms with Gasteiger partial charge in [-0.3, -0.25) is 9.78 Å². The number of hydrogen-bond donors (Lipinski definition) is 2. The molecule has 1 aromatic carbocycles. The summed E-state index contributed by atoms with van der Waals surface area (Å²) in [7, 11) is 0. The van der Waals surface area contributed by atoms with Gasteiger partial charge < -0.3 is 10.6 Å². The third kappa shape index (κ3) is 2.32. The number of nitrogens with zero attached hydrogens (tertiary/aromatic N) is 1. The van der Waals surface area contributed by atoms with Crippen molar-refractivity contribution in [2.45, 2.75) is 26.3 Å². The molecule has 1 aliphatic carbocycles. The monoisotopic (exact) mass is 309 g/mol. The Hall–Kier alpha value is -1.94. The Morgan fingerprint density at radius 3 is 2.57 bits per heavy atom. The number of piperidine rings is 1. The van der Waals surface area contributed by atoms with E-state index in [9.17, 15) is 4.79 Å². The molecule has 0 radical (unpaired) electrons. The molecule has 2 aromatic rings. The second-order valence-corrected chi connectivity index (χ2v) is 7.43. The normalized spacial score (nSPS) is 26.1. The third-order valence-corrected chi connectivity index (χ3v) is 5.50. The van der Waals surface area contributed by atoms with E-state index in [0.717, 1.165) is 29.7 Å². The number of amides is 1. The summed E-state index contributed by atoms with van der Waals surface area (Å²) in [6, 6.07) is 8.28. The van der Waals surface area contributed by atoms with Gasteiger partial charge in [0.25, 0.3) is 0 Å². The molecule has 1 amide bonds. The summed E-state index contributed by atoms with van der Waals surface area (Å²) in [5.41, 5.74) is 1.67. The van der Waals surface area contributed by atoms with Crippen LogP contribution in [0.5, 0.6) is 0 Å². The van der Waals surface area contributed by atoms with Crippen LogP contribution < -0.4 is 10.6 Å². The van der Waals surface area contributed by atoms with Crippen molar-refractivity contribution in [3.05, 3.63) is 41.7 Å². The molecule has 4 heteroatoms. The summed E-state index contributed by atoms with van der Waals surface area (Å²) in [5, 5.41) is 8.93. The van der Waals surface area contributed by atoms with Crippen LogP contribution in [0.4, 0.5) is 0 Å². The molecule has 2 heterocycles. The van der Waals surface area contributed by atoms with Crippen LogP contribution in [0.25, 0.3) is 10.8 Å². The highest BCUT2D eigenvalue weighted by atomic mass is 16.2. The first-order chi connectivity index (χ1) is 11.0. The maximum Gasteiger partial charge on any atom is 0.224 e. The van der Waals surface area contributed by atoms with E-state index in [4.69, 9.17) is 0 Å². The van der Waals surface area contributed by atoms with Crippen molar-refractivity contribution < 1.29 is 4.79 Å². The molecule has 2 N–H and O–H groups in total. The second-order valence-electron chi connectivity index (χ2n) is 7.43. The summed E-state index contributed by atoms with van der Waals surface area (Å²) in [4.78, 5) is 17.2. The maximum atomic E-state index is 12.7. The van der Waals surface area contributed by atoms with Gasteiger partial charge in [-0.1, -0.05) is 24.3 Å².